The van der Waals surface area contributed by atoms with Crippen molar-refractivity contribution in [3.63, 3.8) is 0 Å². The summed E-state index contributed by atoms with van der Waals surface area (Å²) in [6.07, 6.45) is 0. The largest absolute Gasteiger partial charge is 0.497 e. The van der Waals surface area contributed by atoms with Gasteiger partial charge in [-0.2, -0.15) is 11.8 Å². The molecule has 1 aromatic rings. The Balaban J connectivity index is 2.70. The third-order valence-corrected chi connectivity index (χ3v) is 3.20. The van der Waals surface area contributed by atoms with Crippen molar-refractivity contribution >= 4 is 29.0 Å². The molecule has 0 heterocycles. The quantitative estimate of drug-likeness (QED) is 0.609. The van der Waals surface area contributed by atoms with Crippen molar-refractivity contribution in [2.75, 3.05) is 25.2 Å². The first-order valence-electron chi connectivity index (χ1n) is 5.36. The zero-order valence-electron chi connectivity index (χ0n) is 10.1. The van der Waals surface area contributed by atoms with Crippen LogP contribution in [-0.2, 0) is 0 Å². The normalized spacial score (nSPS) is 10.0. The Hall–Kier alpha value is -0.940. The predicted octanol–water partition coefficient (Wildman–Crippen LogP) is 2.46. The Morgan fingerprint density at radius 2 is 2.06 bits per heavy atom. The van der Waals surface area contributed by atoms with Crippen molar-refractivity contribution in [3.05, 3.63) is 23.8 Å². The topological polar surface area (TPSA) is 44.5 Å². The Bertz CT molecular complexity index is 383. The van der Waals surface area contributed by atoms with Gasteiger partial charge in [0.2, 0.25) is 0 Å². The van der Waals surface area contributed by atoms with Gasteiger partial charge in [-0.1, -0.05) is 19.1 Å². The summed E-state index contributed by atoms with van der Waals surface area (Å²) in [5, 5.41) is 0. The molecule has 0 radical (unpaired) electrons. The maximum atomic E-state index is 5.63. The number of thioether (sulfide) groups is 1. The number of benzene rings is 1. The van der Waals surface area contributed by atoms with Crippen molar-refractivity contribution in [1.82, 2.24) is 0 Å². The van der Waals surface area contributed by atoms with Crippen LogP contribution in [0.2, 0.25) is 0 Å². The number of hydrogen-bond donors (Lipinski definition) is 1. The first-order valence-corrected chi connectivity index (χ1v) is 6.93. The highest BCUT2D eigenvalue weighted by Gasteiger charge is 2.04. The zero-order chi connectivity index (χ0) is 12.7. The van der Waals surface area contributed by atoms with Gasteiger partial charge in [0.1, 0.15) is 16.5 Å². The summed E-state index contributed by atoms with van der Waals surface area (Å²) in [5.74, 6) is 3.51. The summed E-state index contributed by atoms with van der Waals surface area (Å²) in [6.45, 7) is 2.80. The second-order valence-corrected chi connectivity index (χ2v) is 5.14. The van der Waals surface area contributed by atoms with Gasteiger partial charge in [0.25, 0.3) is 0 Å². The minimum Gasteiger partial charge on any atom is -0.497 e. The number of rotatable bonds is 7. The van der Waals surface area contributed by atoms with Gasteiger partial charge in [-0.05, 0) is 17.9 Å². The van der Waals surface area contributed by atoms with Gasteiger partial charge >= 0.3 is 0 Å². The number of nitrogens with two attached hydrogens (primary N) is 1. The smallest absolute Gasteiger partial charge is 0.123 e. The molecular weight excluding hydrogens is 254 g/mol. The van der Waals surface area contributed by atoms with Crippen molar-refractivity contribution in [1.29, 1.82) is 0 Å². The van der Waals surface area contributed by atoms with E-state index in [9.17, 15) is 0 Å². The molecule has 0 saturated heterocycles. The van der Waals surface area contributed by atoms with E-state index in [0.717, 1.165) is 22.8 Å². The van der Waals surface area contributed by atoms with E-state index >= 15 is 0 Å². The maximum absolute atomic E-state index is 5.63. The molecule has 0 aromatic heterocycles. The summed E-state index contributed by atoms with van der Waals surface area (Å²) in [6, 6.07) is 5.47. The molecule has 3 nitrogen and oxygen atoms in total. The molecule has 0 unspecified atom stereocenters. The summed E-state index contributed by atoms with van der Waals surface area (Å²) >= 11 is 6.79. The molecular formula is C12H17NO2S2. The Morgan fingerprint density at radius 1 is 1.35 bits per heavy atom. The summed E-state index contributed by atoms with van der Waals surface area (Å²) in [5.41, 5.74) is 6.36. The number of ether oxygens (including phenoxy) is 2. The van der Waals surface area contributed by atoms with E-state index in [0.29, 0.717) is 17.3 Å². The summed E-state index contributed by atoms with van der Waals surface area (Å²) in [7, 11) is 1.61. The SMILES string of the molecule is CCSCCOc1cc(OC)cc(C(N)=S)c1. The van der Waals surface area contributed by atoms with Crippen molar-refractivity contribution in [2.24, 2.45) is 5.73 Å². The molecule has 0 saturated carbocycles. The van der Waals surface area contributed by atoms with E-state index in [2.05, 4.69) is 6.92 Å². The first-order chi connectivity index (χ1) is 8.17. The minimum atomic E-state index is 0.344. The molecule has 0 fully saturated rings. The lowest BCUT2D eigenvalue weighted by molar-refractivity contribution is 0.339. The lowest BCUT2D eigenvalue weighted by atomic mass is 10.2. The molecule has 0 spiro atoms. The second kappa shape index (κ2) is 7.40. The third-order valence-electron chi connectivity index (χ3n) is 2.10. The van der Waals surface area contributed by atoms with Gasteiger partial charge in [0.15, 0.2) is 0 Å². The fraction of sp³-hybridized carbons (Fsp3) is 0.417. The van der Waals surface area contributed by atoms with Crippen molar-refractivity contribution in [3.8, 4) is 11.5 Å². The van der Waals surface area contributed by atoms with Crippen LogP contribution in [0.25, 0.3) is 0 Å². The van der Waals surface area contributed by atoms with Gasteiger partial charge in [0.05, 0.1) is 13.7 Å². The Kier molecular flexibility index (Phi) is 6.15. The monoisotopic (exact) mass is 271 g/mol. The second-order valence-electron chi connectivity index (χ2n) is 3.31. The molecule has 94 valence electrons. The van der Waals surface area contributed by atoms with E-state index < -0.39 is 0 Å². The van der Waals surface area contributed by atoms with Crippen LogP contribution >= 0.6 is 24.0 Å². The standard InChI is InChI=1S/C12H17NO2S2/c1-3-17-5-4-15-11-7-9(12(13)16)6-10(8-11)14-2/h6-8H,3-5H2,1-2H3,(H2,13,16). The van der Waals surface area contributed by atoms with Crippen LogP contribution < -0.4 is 15.2 Å². The van der Waals surface area contributed by atoms with E-state index in [1.165, 1.54) is 0 Å². The molecule has 0 aliphatic rings. The van der Waals surface area contributed by atoms with E-state index in [-0.39, 0.29) is 0 Å². The van der Waals surface area contributed by atoms with E-state index in [1.807, 2.05) is 23.9 Å². The Labute approximate surface area is 112 Å². The van der Waals surface area contributed by atoms with Gasteiger partial charge in [-0.3, -0.25) is 0 Å². The van der Waals surface area contributed by atoms with Crippen molar-refractivity contribution < 1.29 is 9.47 Å². The van der Waals surface area contributed by atoms with Gasteiger partial charge < -0.3 is 15.2 Å². The fourth-order valence-corrected chi connectivity index (χ4v) is 1.89. The lowest BCUT2D eigenvalue weighted by Crippen LogP contribution is -2.10. The van der Waals surface area contributed by atoms with Crippen LogP contribution in [0, 0.1) is 0 Å². The molecule has 0 amide bonds. The highest BCUT2D eigenvalue weighted by molar-refractivity contribution is 7.99. The zero-order valence-corrected chi connectivity index (χ0v) is 11.7. The van der Waals surface area contributed by atoms with Crippen LogP contribution in [0.15, 0.2) is 18.2 Å². The summed E-state index contributed by atoms with van der Waals surface area (Å²) in [4.78, 5) is 0.344. The predicted molar refractivity (Wildman–Crippen MR) is 77.4 cm³/mol. The molecule has 2 N–H and O–H groups in total. The Morgan fingerprint density at radius 3 is 2.65 bits per heavy atom. The van der Waals surface area contributed by atoms with Crippen LogP contribution in [-0.4, -0.2) is 30.2 Å². The summed E-state index contributed by atoms with van der Waals surface area (Å²) < 4.78 is 10.8. The van der Waals surface area contributed by atoms with Gasteiger partial charge in [-0.25, -0.2) is 0 Å². The first kappa shape index (κ1) is 14.1. The van der Waals surface area contributed by atoms with E-state index in [1.54, 1.807) is 13.2 Å². The maximum Gasteiger partial charge on any atom is 0.123 e. The number of methoxy groups -OCH3 is 1. The number of hydrogen-bond acceptors (Lipinski definition) is 4. The van der Waals surface area contributed by atoms with Gasteiger partial charge in [0, 0.05) is 17.4 Å². The van der Waals surface area contributed by atoms with Gasteiger partial charge in [-0.15, -0.1) is 0 Å². The lowest BCUT2D eigenvalue weighted by Gasteiger charge is -2.10. The highest BCUT2D eigenvalue weighted by atomic mass is 32.2. The van der Waals surface area contributed by atoms with Crippen LogP contribution in [0.3, 0.4) is 0 Å². The third kappa shape index (κ3) is 4.83. The number of thiocarbonyl (C=S) groups is 1. The molecule has 1 aromatic carbocycles. The minimum absolute atomic E-state index is 0.344. The molecule has 1 rings (SSSR count). The van der Waals surface area contributed by atoms with Crippen molar-refractivity contribution in [2.45, 2.75) is 6.92 Å². The van der Waals surface area contributed by atoms with E-state index in [4.69, 9.17) is 27.4 Å². The highest BCUT2D eigenvalue weighted by Crippen LogP contribution is 2.22. The fourth-order valence-electron chi connectivity index (χ4n) is 1.28. The molecule has 0 aliphatic carbocycles. The van der Waals surface area contributed by atoms with Crippen LogP contribution in [0.4, 0.5) is 0 Å². The molecule has 0 atom stereocenters. The average Bonchev–Trinajstić information content (AvgIpc) is 2.34. The van der Waals surface area contributed by atoms with Crippen LogP contribution in [0.1, 0.15) is 12.5 Å². The average molecular weight is 271 g/mol. The molecule has 5 heteroatoms. The molecule has 0 aliphatic heterocycles. The molecule has 17 heavy (non-hydrogen) atoms. The molecule has 0 bridgehead atoms. The van der Waals surface area contributed by atoms with Crippen LogP contribution in [0.5, 0.6) is 11.5 Å².